The molecule has 0 spiro atoms. The number of rotatable bonds is 2. The van der Waals surface area contributed by atoms with Gasteiger partial charge < -0.3 is 9.84 Å². The normalized spacial score (nSPS) is 22.3. The highest BCUT2D eigenvalue weighted by Crippen LogP contribution is 2.46. The van der Waals surface area contributed by atoms with E-state index in [9.17, 15) is 9.90 Å². The molecule has 19 heavy (non-hydrogen) atoms. The Kier molecular flexibility index (Phi) is 3.59. The molecule has 0 saturated heterocycles. The highest BCUT2D eigenvalue weighted by atomic mass is 35.5. The van der Waals surface area contributed by atoms with Gasteiger partial charge in [0.05, 0.1) is 11.0 Å². The van der Waals surface area contributed by atoms with Gasteiger partial charge in [-0.15, -0.1) is 0 Å². The second-order valence-electron chi connectivity index (χ2n) is 5.24. The molecule has 102 valence electrons. The van der Waals surface area contributed by atoms with Gasteiger partial charge in [0.1, 0.15) is 11.9 Å². The summed E-state index contributed by atoms with van der Waals surface area (Å²) in [6, 6.07) is 7.12. The van der Waals surface area contributed by atoms with Crippen LogP contribution in [0.15, 0.2) is 35.6 Å². The maximum absolute atomic E-state index is 11.9. The van der Waals surface area contributed by atoms with Crippen molar-refractivity contribution in [1.82, 2.24) is 0 Å². The Morgan fingerprint density at radius 1 is 1.32 bits per heavy atom. The maximum Gasteiger partial charge on any atom is 0.338 e. The van der Waals surface area contributed by atoms with Crippen molar-refractivity contribution in [3.8, 4) is 0 Å². The quantitative estimate of drug-likeness (QED) is 0.827. The molecule has 0 bridgehead atoms. The summed E-state index contributed by atoms with van der Waals surface area (Å²) in [5.74, 6) is -0.328. The van der Waals surface area contributed by atoms with Gasteiger partial charge >= 0.3 is 5.97 Å². The van der Waals surface area contributed by atoms with Gasteiger partial charge in [-0.2, -0.15) is 0 Å². The highest BCUT2D eigenvalue weighted by Gasteiger charge is 2.44. The van der Waals surface area contributed by atoms with E-state index in [-0.39, 0.29) is 5.76 Å². The van der Waals surface area contributed by atoms with Crippen molar-refractivity contribution >= 4 is 17.6 Å². The van der Waals surface area contributed by atoms with Crippen molar-refractivity contribution in [2.24, 2.45) is 5.41 Å². The molecule has 1 aromatic rings. The molecule has 1 heterocycles. The zero-order valence-electron chi connectivity index (χ0n) is 11.2. The van der Waals surface area contributed by atoms with Crippen LogP contribution < -0.4 is 0 Å². The van der Waals surface area contributed by atoms with Crippen molar-refractivity contribution in [3.63, 3.8) is 0 Å². The predicted molar refractivity (Wildman–Crippen MR) is 74.0 cm³/mol. The smallest absolute Gasteiger partial charge is 0.338 e. The summed E-state index contributed by atoms with van der Waals surface area (Å²) in [6.45, 7) is 5.55. The van der Waals surface area contributed by atoms with E-state index in [1.165, 1.54) is 0 Å². The van der Waals surface area contributed by atoms with E-state index < -0.39 is 17.5 Å². The van der Waals surface area contributed by atoms with Gasteiger partial charge in [0.25, 0.3) is 0 Å². The van der Waals surface area contributed by atoms with Crippen LogP contribution in [-0.4, -0.2) is 11.1 Å². The first kappa shape index (κ1) is 13.9. The molecule has 0 saturated carbocycles. The standard InChI is InChI=1S/C15H17ClO3/c1-4-11-12(17)15(2,3)13(19-14(11)18)9-5-7-10(16)8-6-9/h5-8,13,17H,4H2,1-3H3. The number of hydrogen-bond acceptors (Lipinski definition) is 3. The van der Waals surface area contributed by atoms with Crippen molar-refractivity contribution in [2.75, 3.05) is 0 Å². The number of esters is 1. The zero-order chi connectivity index (χ0) is 14.2. The van der Waals surface area contributed by atoms with Crippen LogP contribution in [0.1, 0.15) is 38.9 Å². The van der Waals surface area contributed by atoms with E-state index in [2.05, 4.69) is 0 Å². The summed E-state index contributed by atoms with van der Waals surface area (Å²) in [5, 5.41) is 10.9. The molecule has 1 aromatic carbocycles. The largest absolute Gasteiger partial charge is 0.511 e. The molecule has 0 amide bonds. The van der Waals surface area contributed by atoms with E-state index in [1.807, 2.05) is 32.9 Å². The maximum atomic E-state index is 11.9. The summed E-state index contributed by atoms with van der Waals surface area (Å²) in [6.07, 6.45) is -0.0471. The third kappa shape index (κ3) is 2.35. The fourth-order valence-corrected chi connectivity index (χ4v) is 2.50. The van der Waals surface area contributed by atoms with E-state index in [0.29, 0.717) is 17.0 Å². The summed E-state index contributed by atoms with van der Waals surface area (Å²) >= 11 is 5.86. The number of carbonyl (C=O) groups excluding carboxylic acids is 1. The Bertz CT molecular complexity index is 529. The second kappa shape index (κ2) is 4.89. The summed E-state index contributed by atoms with van der Waals surface area (Å²) < 4.78 is 5.50. The van der Waals surface area contributed by atoms with Crippen molar-refractivity contribution in [3.05, 3.63) is 46.2 Å². The third-order valence-electron chi connectivity index (χ3n) is 3.55. The van der Waals surface area contributed by atoms with Crippen LogP contribution in [0, 0.1) is 5.41 Å². The lowest BCUT2D eigenvalue weighted by Gasteiger charge is -2.38. The first-order valence-electron chi connectivity index (χ1n) is 6.27. The number of aliphatic hydroxyl groups excluding tert-OH is 1. The van der Waals surface area contributed by atoms with Crippen molar-refractivity contribution in [1.29, 1.82) is 0 Å². The van der Waals surface area contributed by atoms with E-state index >= 15 is 0 Å². The molecular weight excluding hydrogens is 264 g/mol. The molecule has 1 unspecified atom stereocenters. The van der Waals surface area contributed by atoms with Crippen LogP contribution >= 0.6 is 11.6 Å². The topological polar surface area (TPSA) is 46.5 Å². The lowest BCUT2D eigenvalue weighted by atomic mass is 9.77. The SMILES string of the molecule is CCC1=C(O)C(C)(C)C(c2ccc(Cl)cc2)OC1=O. The Balaban J connectivity index is 2.46. The summed E-state index contributed by atoms with van der Waals surface area (Å²) in [4.78, 5) is 11.9. The zero-order valence-corrected chi connectivity index (χ0v) is 12.0. The minimum Gasteiger partial charge on any atom is -0.511 e. The average Bonchev–Trinajstić information content (AvgIpc) is 2.36. The van der Waals surface area contributed by atoms with Crippen LogP contribution in [0.4, 0.5) is 0 Å². The highest BCUT2D eigenvalue weighted by molar-refractivity contribution is 6.30. The van der Waals surface area contributed by atoms with Gasteiger partial charge in [-0.1, -0.05) is 30.7 Å². The number of halogens is 1. The van der Waals surface area contributed by atoms with Gasteiger partial charge in [0.15, 0.2) is 0 Å². The number of cyclic esters (lactones) is 1. The second-order valence-corrected chi connectivity index (χ2v) is 5.68. The van der Waals surface area contributed by atoms with Gasteiger partial charge in [0, 0.05) is 5.02 Å². The molecule has 1 N–H and O–H groups in total. The molecular formula is C15H17ClO3. The van der Waals surface area contributed by atoms with Gasteiger partial charge in [-0.3, -0.25) is 0 Å². The van der Waals surface area contributed by atoms with E-state index in [0.717, 1.165) is 5.56 Å². The Hall–Kier alpha value is -1.48. The van der Waals surface area contributed by atoms with Gasteiger partial charge in [0.2, 0.25) is 0 Å². The molecule has 0 radical (unpaired) electrons. The minimum absolute atomic E-state index is 0.117. The summed E-state index contributed by atoms with van der Waals surface area (Å²) in [7, 11) is 0. The fourth-order valence-electron chi connectivity index (χ4n) is 2.37. The average molecular weight is 281 g/mol. The Morgan fingerprint density at radius 3 is 2.42 bits per heavy atom. The number of hydrogen-bond donors (Lipinski definition) is 1. The monoisotopic (exact) mass is 280 g/mol. The van der Waals surface area contributed by atoms with Crippen LogP contribution in [-0.2, 0) is 9.53 Å². The molecule has 0 aromatic heterocycles. The molecule has 1 aliphatic heterocycles. The molecule has 3 nitrogen and oxygen atoms in total. The predicted octanol–water partition coefficient (Wildman–Crippen LogP) is 4.19. The van der Waals surface area contributed by atoms with Gasteiger partial charge in [-0.25, -0.2) is 4.79 Å². The molecule has 0 aliphatic carbocycles. The van der Waals surface area contributed by atoms with Crippen LogP contribution in [0.25, 0.3) is 0 Å². The van der Waals surface area contributed by atoms with Crippen molar-refractivity contribution in [2.45, 2.75) is 33.3 Å². The Labute approximate surface area is 117 Å². The number of ether oxygens (including phenoxy) is 1. The van der Waals surface area contributed by atoms with Crippen LogP contribution in [0.2, 0.25) is 5.02 Å². The van der Waals surface area contributed by atoms with Crippen LogP contribution in [0.3, 0.4) is 0 Å². The fraction of sp³-hybridized carbons (Fsp3) is 0.400. The van der Waals surface area contributed by atoms with Crippen LogP contribution in [0.5, 0.6) is 0 Å². The van der Waals surface area contributed by atoms with Gasteiger partial charge in [-0.05, 0) is 38.0 Å². The first-order chi connectivity index (χ1) is 8.87. The molecule has 1 atom stereocenters. The lowest BCUT2D eigenvalue weighted by Crippen LogP contribution is -2.35. The summed E-state index contributed by atoms with van der Waals surface area (Å²) in [5.41, 5.74) is 0.534. The molecule has 4 heteroatoms. The first-order valence-corrected chi connectivity index (χ1v) is 6.64. The van der Waals surface area contributed by atoms with E-state index in [4.69, 9.17) is 16.3 Å². The minimum atomic E-state index is -0.646. The third-order valence-corrected chi connectivity index (χ3v) is 3.80. The molecule has 1 aliphatic rings. The molecule has 0 fully saturated rings. The number of aliphatic hydroxyl groups is 1. The molecule has 2 rings (SSSR count). The Morgan fingerprint density at radius 2 is 1.89 bits per heavy atom. The number of carbonyl (C=O) groups is 1. The van der Waals surface area contributed by atoms with E-state index in [1.54, 1.807) is 12.1 Å². The van der Waals surface area contributed by atoms with Crippen molar-refractivity contribution < 1.29 is 14.6 Å². The lowest BCUT2D eigenvalue weighted by molar-refractivity contribution is -0.155. The number of benzene rings is 1.